The lowest BCUT2D eigenvalue weighted by molar-refractivity contribution is -0.129. The van der Waals surface area contributed by atoms with E-state index in [1.165, 1.54) is 3.57 Å². The number of ether oxygens (including phenoxy) is 2. The molecular formula is C24H17I2NO3. The maximum absolute atomic E-state index is 12.2. The van der Waals surface area contributed by atoms with Gasteiger partial charge in [0.1, 0.15) is 12.4 Å². The van der Waals surface area contributed by atoms with Crippen molar-refractivity contribution in [2.75, 3.05) is 0 Å². The molecule has 0 N–H and O–H groups in total. The van der Waals surface area contributed by atoms with Crippen molar-refractivity contribution in [1.29, 1.82) is 0 Å². The van der Waals surface area contributed by atoms with Gasteiger partial charge in [-0.25, -0.2) is 9.79 Å². The number of cyclic esters (lactones) is 1. The average Bonchev–Trinajstić information content (AvgIpc) is 3.11. The normalized spacial score (nSPS) is 14.6. The van der Waals surface area contributed by atoms with Gasteiger partial charge in [-0.15, -0.1) is 0 Å². The van der Waals surface area contributed by atoms with E-state index >= 15 is 0 Å². The lowest BCUT2D eigenvalue weighted by Gasteiger charge is -2.08. The van der Waals surface area contributed by atoms with Crippen molar-refractivity contribution in [3.63, 3.8) is 0 Å². The van der Waals surface area contributed by atoms with Gasteiger partial charge in [-0.3, -0.25) is 0 Å². The molecule has 4 rings (SSSR count). The standard InChI is InChI=1S/C24H17I2NO3/c1-15-12-17(8-11-20(15)25)23-27-22(24(28)30-23)13-16-6-9-19(10-7-16)29-14-18-4-2-3-5-21(18)26/h2-13H,14H2,1H3/b22-13-. The monoisotopic (exact) mass is 621 g/mol. The van der Waals surface area contributed by atoms with Crippen LogP contribution in [-0.4, -0.2) is 11.9 Å². The van der Waals surface area contributed by atoms with Crippen molar-refractivity contribution < 1.29 is 14.3 Å². The summed E-state index contributed by atoms with van der Waals surface area (Å²) in [6.45, 7) is 2.52. The summed E-state index contributed by atoms with van der Waals surface area (Å²) in [7, 11) is 0. The summed E-state index contributed by atoms with van der Waals surface area (Å²) in [5.41, 5.74) is 4.20. The van der Waals surface area contributed by atoms with E-state index in [9.17, 15) is 4.79 Å². The summed E-state index contributed by atoms with van der Waals surface area (Å²) < 4.78 is 13.6. The van der Waals surface area contributed by atoms with E-state index in [4.69, 9.17) is 9.47 Å². The molecule has 0 unspecified atom stereocenters. The highest BCUT2D eigenvalue weighted by atomic mass is 127. The van der Waals surface area contributed by atoms with Crippen LogP contribution in [-0.2, 0) is 16.1 Å². The van der Waals surface area contributed by atoms with Gasteiger partial charge in [-0.1, -0.05) is 30.3 Å². The highest BCUT2D eigenvalue weighted by Gasteiger charge is 2.24. The van der Waals surface area contributed by atoms with E-state index in [0.717, 1.165) is 31.6 Å². The molecule has 1 aliphatic rings. The third-order valence-corrected chi connectivity index (χ3v) is 6.82. The molecular weight excluding hydrogens is 604 g/mol. The summed E-state index contributed by atoms with van der Waals surface area (Å²) >= 11 is 4.57. The minimum atomic E-state index is -0.444. The number of benzene rings is 3. The van der Waals surface area contributed by atoms with Gasteiger partial charge < -0.3 is 9.47 Å². The summed E-state index contributed by atoms with van der Waals surface area (Å²) in [6, 6.07) is 21.5. The van der Waals surface area contributed by atoms with Gasteiger partial charge in [0.2, 0.25) is 5.90 Å². The number of aryl methyl sites for hydroxylation is 1. The van der Waals surface area contributed by atoms with E-state index in [1.807, 2.05) is 61.5 Å². The van der Waals surface area contributed by atoms with Gasteiger partial charge in [-0.05, 0) is 106 Å². The van der Waals surface area contributed by atoms with Crippen LogP contribution in [0.1, 0.15) is 22.3 Å². The lowest BCUT2D eigenvalue weighted by atomic mass is 10.1. The molecule has 1 heterocycles. The maximum atomic E-state index is 12.2. The molecule has 0 atom stereocenters. The molecule has 0 bridgehead atoms. The smallest absolute Gasteiger partial charge is 0.363 e. The van der Waals surface area contributed by atoms with Crippen LogP contribution in [0.15, 0.2) is 77.4 Å². The zero-order valence-corrected chi connectivity index (χ0v) is 20.4. The Hall–Kier alpha value is -2.20. The largest absolute Gasteiger partial charge is 0.489 e. The topological polar surface area (TPSA) is 47.9 Å². The minimum absolute atomic E-state index is 0.286. The lowest BCUT2D eigenvalue weighted by Crippen LogP contribution is -2.05. The molecule has 6 heteroatoms. The van der Waals surface area contributed by atoms with Crippen molar-refractivity contribution in [2.24, 2.45) is 4.99 Å². The van der Waals surface area contributed by atoms with Crippen LogP contribution in [0.25, 0.3) is 6.08 Å². The Balaban J connectivity index is 1.47. The predicted octanol–water partition coefficient (Wildman–Crippen LogP) is 6.13. The van der Waals surface area contributed by atoms with E-state index in [0.29, 0.717) is 12.5 Å². The number of esters is 1. The number of hydrogen-bond donors (Lipinski definition) is 0. The fourth-order valence-corrected chi connectivity index (χ4v) is 3.78. The van der Waals surface area contributed by atoms with Gasteiger partial charge in [-0.2, -0.15) is 0 Å². The molecule has 0 radical (unpaired) electrons. The van der Waals surface area contributed by atoms with Crippen molar-refractivity contribution in [1.82, 2.24) is 0 Å². The zero-order chi connectivity index (χ0) is 21.1. The molecule has 0 amide bonds. The number of carbonyl (C=O) groups excluding carboxylic acids is 1. The predicted molar refractivity (Wildman–Crippen MR) is 134 cm³/mol. The van der Waals surface area contributed by atoms with E-state index in [1.54, 1.807) is 6.08 Å². The molecule has 1 aliphatic heterocycles. The zero-order valence-electron chi connectivity index (χ0n) is 16.1. The van der Waals surface area contributed by atoms with Crippen molar-refractivity contribution in [2.45, 2.75) is 13.5 Å². The first-order valence-corrected chi connectivity index (χ1v) is 11.4. The molecule has 0 spiro atoms. The summed E-state index contributed by atoms with van der Waals surface area (Å²) in [5.74, 6) is 0.660. The summed E-state index contributed by atoms with van der Waals surface area (Å²) in [5, 5.41) is 0. The first kappa shape index (κ1) is 21.0. The number of nitrogens with zero attached hydrogens (tertiary/aromatic N) is 1. The summed E-state index contributed by atoms with van der Waals surface area (Å²) in [6.07, 6.45) is 1.72. The fraction of sp³-hybridized carbons (Fsp3) is 0.0833. The number of aliphatic imine (C=N–C) groups is 1. The van der Waals surface area contributed by atoms with Crippen LogP contribution in [0.5, 0.6) is 5.75 Å². The minimum Gasteiger partial charge on any atom is -0.489 e. The molecule has 150 valence electrons. The van der Waals surface area contributed by atoms with Crippen LogP contribution in [0.4, 0.5) is 0 Å². The number of rotatable bonds is 5. The van der Waals surface area contributed by atoms with E-state index < -0.39 is 5.97 Å². The first-order chi connectivity index (χ1) is 14.5. The number of halogens is 2. The van der Waals surface area contributed by atoms with Gasteiger partial charge >= 0.3 is 5.97 Å². The maximum Gasteiger partial charge on any atom is 0.363 e. The second-order valence-corrected chi connectivity index (χ2v) is 9.07. The Kier molecular flexibility index (Phi) is 6.52. The second kappa shape index (κ2) is 9.30. The molecule has 0 fully saturated rings. The van der Waals surface area contributed by atoms with E-state index in [2.05, 4.69) is 62.3 Å². The fourth-order valence-electron chi connectivity index (χ4n) is 2.91. The molecule has 3 aromatic rings. The first-order valence-electron chi connectivity index (χ1n) is 9.25. The Morgan fingerprint density at radius 2 is 1.77 bits per heavy atom. The molecule has 30 heavy (non-hydrogen) atoms. The SMILES string of the molecule is Cc1cc(C2=N/C(=C\c3ccc(OCc4ccccc4I)cc3)C(=O)O2)ccc1I. The van der Waals surface area contributed by atoms with Crippen molar-refractivity contribution in [3.8, 4) is 5.75 Å². The van der Waals surface area contributed by atoms with Gasteiger partial charge in [0.15, 0.2) is 5.70 Å². The Morgan fingerprint density at radius 3 is 2.50 bits per heavy atom. The molecule has 0 aliphatic carbocycles. The third-order valence-electron chi connectivity index (χ3n) is 4.56. The highest BCUT2D eigenvalue weighted by molar-refractivity contribution is 14.1. The van der Waals surface area contributed by atoms with Crippen LogP contribution >= 0.6 is 45.2 Å². The van der Waals surface area contributed by atoms with Gasteiger partial charge in [0, 0.05) is 18.3 Å². The van der Waals surface area contributed by atoms with Crippen LogP contribution < -0.4 is 4.74 Å². The third kappa shape index (κ3) is 4.92. The number of hydrogen-bond acceptors (Lipinski definition) is 4. The second-order valence-electron chi connectivity index (χ2n) is 6.75. The average molecular weight is 621 g/mol. The molecule has 0 aromatic heterocycles. The van der Waals surface area contributed by atoms with Crippen LogP contribution in [0, 0.1) is 14.1 Å². The molecule has 4 nitrogen and oxygen atoms in total. The summed E-state index contributed by atoms with van der Waals surface area (Å²) in [4.78, 5) is 16.6. The quantitative estimate of drug-likeness (QED) is 0.196. The van der Waals surface area contributed by atoms with Gasteiger partial charge in [0.05, 0.1) is 0 Å². The Bertz CT molecular complexity index is 1170. The molecule has 3 aromatic carbocycles. The molecule has 0 saturated heterocycles. The Labute approximate surface area is 202 Å². The van der Waals surface area contributed by atoms with E-state index in [-0.39, 0.29) is 5.70 Å². The number of carbonyl (C=O) groups is 1. The Morgan fingerprint density at radius 1 is 1.00 bits per heavy atom. The highest BCUT2D eigenvalue weighted by Crippen LogP contribution is 2.23. The molecule has 0 saturated carbocycles. The van der Waals surface area contributed by atoms with Crippen LogP contribution in [0.2, 0.25) is 0 Å². The van der Waals surface area contributed by atoms with Crippen molar-refractivity contribution in [3.05, 3.63) is 102 Å². The van der Waals surface area contributed by atoms with Gasteiger partial charge in [0.25, 0.3) is 0 Å². The van der Waals surface area contributed by atoms with Crippen molar-refractivity contribution >= 4 is 63.1 Å². The van der Waals surface area contributed by atoms with Crippen LogP contribution in [0.3, 0.4) is 0 Å².